The molecule has 1 fully saturated rings. The van der Waals surface area contributed by atoms with E-state index in [2.05, 4.69) is 45.2 Å². The first-order chi connectivity index (χ1) is 11.3. The third-order valence-corrected chi connectivity index (χ3v) is 5.43. The van der Waals surface area contributed by atoms with Crippen molar-refractivity contribution in [2.45, 2.75) is 31.8 Å². The molecule has 1 aromatic carbocycles. The van der Waals surface area contributed by atoms with Gasteiger partial charge >= 0.3 is 0 Å². The Labute approximate surface area is 138 Å². The van der Waals surface area contributed by atoms with Crippen LogP contribution >= 0.6 is 11.3 Å². The van der Waals surface area contributed by atoms with E-state index in [1.807, 2.05) is 11.4 Å². The molecular weight excluding hydrogens is 306 g/mol. The van der Waals surface area contributed by atoms with Gasteiger partial charge in [0.15, 0.2) is 0 Å². The highest BCUT2D eigenvalue weighted by atomic mass is 32.1. The number of thiophene rings is 1. The van der Waals surface area contributed by atoms with Crippen LogP contribution in [0.1, 0.15) is 24.2 Å². The quantitative estimate of drug-likeness (QED) is 0.801. The summed E-state index contributed by atoms with van der Waals surface area (Å²) in [5, 5.41) is 1.92. The van der Waals surface area contributed by atoms with Crippen molar-refractivity contribution in [1.82, 2.24) is 14.9 Å². The molecule has 1 aliphatic rings. The largest absolute Gasteiger partial charge is 0.308 e. The van der Waals surface area contributed by atoms with Gasteiger partial charge < -0.3 is 4.98 Å². The van der Waals surface area contributed by atoms with Crippen molar-refractivity contribution in [1.29, 1.82) is 0 Å². The van der Waals surface area contributed by atoms with Crippen LogP contribution in [-0.2, 0) is 13.0 Å². The van der Waals surface area contributed by atoms with E-state index in [4.69, 9.17) is 0 Å². The minimum atomic E-state index is -0.0150. The van der Waals surface area contributed by atoms with Gasteiger partial charge in [-0.15, -0.1) is 11.3 Å². The second kappa shape index (κ2) is 6.26. The molecule has 3 aromatic rings. The number of likely N-dealkylation sites (tertiary alicyclic amines) is 1. The fourth-order valence-corrected chi connectivity index (χ4v) is 4.14. The van der Waals surface area contributed by atoms with Crippen molar-refractivity contribution in [3.05, 3.63) is 63.5 Å². The molecule has 2 aromatic heterocycles. The molecule has 1 saturated heterocycles. The maximum Gasteiger partial charge on any atom is 0.268 e. The zero-order valence-electron chi connectivity index (χ0n) is 12.9. The molecule has 5 heteroatoms. The maximum atomic E-state index is 12.1. The van der Waals surface area contributed by atoms with Crippen LogP contribution in [0.2, 0.25) is 0 Å². The molecule has 0 aliphatic carbocycles. The summed E-state index contributed by atoms with van der Waals surface area (Å²) in [5.41, 5.74) is 2.17. The maximum absolute atomic E-state index is 12.1. The third kappa shape index (κ3) is 3.07. The Balaban J connectivity index is 1.53. The van der Waals surface area contributed by atoms with Gasteiger partial charge in [0, 0.05) is 6.04 Å². The molecule has 0 bridgehead atoms. The molecular formula is C18H19N3OS. The highest BCUT2D eigenvalue weighted by Gasteiger charge is 2.25. The summed E-state index contributed by atoms with van der Waals surface area (Å²) in [6, 6.07) is 13.1. The Morgan fingerprint density at radius 3 is 3.00 bits per heavy atom. The zero-order valence-corrected chi connectivity index (χ0v) is 13.7. The van der Waals surface area contributed by atoms with Crippen LogP contribution in [0.25, 0.3) is 10.2 Å². The Bertz CT molecular complexity index is 855. The normalized spacial score (nSPS) is 18.7. The number of H-pyrrole nitrogens is 1. The standard InChI is InChI=1S/C18H19N3OS/c22-18-17-15(8-10-23-17)19-16(20-18)12-21-9-4-7-14(21)11-13-5-2-1-3-6-13/h1-3,5-6,8,10,14H,4,7,9,11-12H2,(H,19,20,22)/t14-/m0/s1. The minimum Gasteiger partial charge on any atom is -0.308 e. The monoisotopic (exact) mass is 325 g/mol. The van der Waals surface area contributed by atoms with Crippen LogP contribution in [0.5, 0.6) is 0 Å². The smallest absolute Gasteiger partial charge is 0.268 e. The van der Waals surface area contributed by atoms with Crippen molar-refractivity contribution in [3.8, 4) is 0 Å². The molecule has 4 rings (SSSR count). The molecule has 0 amide bonds. The summed E-state index contributed by atoms with van der Waals surface area (Å²) < 4.78 is 0.719. The van der Waals surface area contributed by atoms with Gasteiger partial charge in [-0.05, 0) is 42.8 Å². The number of aromatic nitrogens is 2. The van der Waals surface area contributed by atoms with E-state index in [0.717, 1.165) is 35.6 Å². The third-order valence-electron chi connectivity index (χ3n) is 4.53. The lowest BCUT2D eigenvalue weighted by molar-refractivity contribution is 0.238. The average molecular weight is 325 g/mol. The molecule has 1 aliphatic heterocycles. The number of nitrogens with one attached hydrogen (secondary N) is 1. The van der Waals surface area contributed by atoms with Crippen molar-refractivity contribution in [3.63, 3.8) is 0 Å². The topological polar surface area (TPSA) is 49.0 Å². The fourth-order valence-electron chi connectivity index (χ4n) is 3.41. The fraction of sp³-hybridized carbons (Fsp3) is 0.333. The summed E-state index contributed by atoms with van der Waals surface area (Å²) in [4.78, 5) is 22.1. The molecule has 1 N–H and O–H groups in total. The second-order valence-corrected chi connectivity index (χ2v) is 7.02. The van der Waals surface area contributed by atoms with Gasteiger partial charge in [0.2, 0.25) is 0 Å². The Morgan fingerprint density at radius 2 is 2.13 bits per heavy atom. The highest BCUT2D eigenvalue weighted by Crippen LogP contribution is 2.23. The van der Waals surface area contributed by atoms with Crippen LogP contribution in [0.4, 0.5) is 0 Å². The summed E-state index contributed by atoms with van der Waals surface area (Å²) in [6.45, 7) is 1.79. The van der Waals surface area contributed by atoms with E-state index in [9.17, 15) is 4.79 Å². The molecule has 3 heterocycles. The van der Waals surface area contributed by atoms with E-state index >= 15 is 0 Å². The Kier molecular flexibility index (Phi) is 3.97. The average Bonchev–Trinajstić information content (AvgIpc) is 3.19. The van der Waals surface area contributed by atoms with Gasteiger partial charge in [-0.1, -0.05) is 30.3 Å². The minimum absolute atomic E-state index is 0.0150. The molecule has 0 radical (unpaired) electrons. The van der Waals surface area contributed by atoms with Gasteiger partial charge in [0.05, 0.1) is 12.1 Å². The highest BCUT2D eigenvalue weighted by molar-refractivity contribution is 7.17. The number of nitrogens with zero attached hydrogens (tertiary/aromatic N) is 2. The van der Waals surface area contributed by atoms with Crippen molar-refractivity contribution in [2.75, 3.05) is 6.54 Å². The van der Waals surface area contributed by atoms with E-state index in [0.29, 0.717) is 6.04 Å². The second-order valence-electron chi connectivity index (χ2n) is 6.10. The van der Waals surface area contributed by atoms with Gasteiger partial charge in [-0.25, -0.2) is 4.98 Å². The lowest BCUT2D eigenvalue weighted by Crippen LogP contribution is -2.32. The molecule has 4 nitrogen and oxygen atoms in total. The molecule has 0 spiro atoms. The van der Waals surface area contributed by atoms with Crippen molar-refractivity contribution >= 4 is 21.6 Å². The molecule has 1 atom stereocenters. The first-order valence-corrected chi connectivity index (χ1v) is 8.92. The van der Waals surface area contributed by atoms with Crippen LogP contribution in [0.15, 0.2) is 46.6 Å². The summed E-state index contributed by atoms with van der Waals surface area (Å²) in [7, 11) is 0. The number of hydrogen-bond acceptors (Lipinski definition) is 4. The van der Waals surface area contributed by atoms with Crippen LogP contribution in [0, 0.1) is 0 Å². The SMILES string of the molecule is O=c1[nH]c(CN2CCC[C@H]2Cc2ccccc2)nc2ccsc12. The first kappa shape index (κ1) is 14.6. The number of benzene rings is 1. The summed E-state index contributed by atoms with van der Waals surface area (Å²) in [5.74, 6) is 0.779. The molecule has 118 valence electrons. The number of fused-ring (bicyclic) bond motifs is 1. The first-order valence-electron chi connectivity index (χ1n) is 8.04. The molecule has 0 saturated carbocycles. The predicted octanol–water partition coefficient (Wildman–Crippen LogP) is 3.19. The molecule has 23 heavy (non-hydrogen) atoms. The van der Waals surface area contributed by atoms with Crippen molar-refractivity contribution < 1.29 is 0 Å². The zero-order chi connectivity index (χ0) is 15.6. The van der Waals surface area contributed by atoms with E-state index in [1.54, 1.807) is 0 Å². The van der Waals surface area contributed by atoms with Crippen LogP contribution in [-0.4, -0.2) is 27.5 Å². The van der Waals surface area contributed by atoms with Gasteiger partial charge in [-0.3, -0.25) is 9.69 Å². The van der Waals surface area contributed by atoms with Crippen LogP contribution in [0.3, 0.4) is 0 Å². The summed E-state index contributed by atoms with van der Waals surface area (Å²) in [6.07, 6.45) is 3.48. The lowest BCUT2D eigenvalue weighted by Gasteiger charge is -2.24. The Morgan fingerprint density at radius 1 is 1.26 bits per heavy atom. The number of rotatable bonds is 4. The molecule has 0 unspecified atom stereocenters. The van der Waals surface area contributed by atoms with Gasteiger partial charge in [-0.2, -0.15) is 0 Å². The van der Waals surface area contributed by atoms with Gasteiger partial charge in [0.25, 0.3) is 5.56 Å². The van der Waals surface area contributed by atoms with Gasteiger partial charge in [0.1, 0.15) is 10.5 Å². The predicted molar refractivity (Wildman–Crippen MR) is 93.8 cm³/mol. The van der Waals surface area contributed by atoms with Crippen LogP contribution < -0.4 is 5.56 Å². The van der Waals surface area contributed by atoms with E-state index < -0.39 is 0 Å². The van der Waals surface area contributed by atoms with Crippen molar-refractivity contribution in [2.24, 2.45) is 0 Å². The Hall–Kier alpha value is -1.98. The van der Waals surface area contributed by atoms with E-state index in [1.165, 1.54) is 29.7 Å². The number of aromatic amines is 1. The number of hydrogen-bond donors (Lipinski definition) is 1. The van der Waals surface area contributed by atoms with E-state index in [-0.39, 0.29) is 5.56 Å². The lowest BCUT2D eigenvalue weighted by atomic mass is 10.0. The summed E-state index contributed by atoms with van der Waals surface area (Å²) >= 11 is 1.45.